The number of esters is 1. The molecule has 0 saturated heterocycles. The highest BCUT2D eigenvalue weighted by Crippen LogP contribution is 2.57. The first-order chi connectivity index (χ1) is 12.2. The van der Waals surface area contributed by atoms with E-state index < -0.39 is 5.41 Å². The van der Waals surface area contributed by atoms with Crippen LogP contribution in [-0.2, 0) is 33.2 Å². The molecule has 0 spiro atoms. The number of Topliss-reactive ketones (excluding diaryl/α,β-unsaturated/α-hetero) is 1. The molecular formula is C20H28N2O4. The van der Waals surface area contributed by atoms with Gasteiger partial charge < -0.3 is 9.47 Å². The van der Waals surface area contributed by atoms with Crippen molar-refractivity contribution in [1.29, 1.82) is 0 Å². The van der Waals surface area contributed by atoms with Crippen LogP contribution in [0.2, 0.25) is 0 Å². The summed E-state index contributed by atoms with van der Waals surface area (Å²) in [7, 11) is 3.35. The molecule has 6 heteroatoms. The fraction of sp³-hybridized carbons (Fsp3) is 0.650. The molecule has 0 radical (unpaired) electrons. The van der Waals surface area contributed by atoms with Gasteiger partial charge in [-0.05, 0) is 32.1 Å². The summed E-state index contributed by atoms with van der Waals surface area (Å²) in [6.07, 6.45) is 3.72. The van der Waals surface area contributed by atoms with Crippen molar-refractivity contribution < 1.29 is 19.1 Å². The second kappa shape index (κ2) is 6.25. The van der Waals surface area contributed by atoms with Crippen LogP contribution in [0.25, 0.3) is 0 Å². The highest BCUT2D eigenvalue weighted by Gasteiger charge is 2.57. The third-order valence-electron chi connectivity index (χ3n) is 6.17. The van der Waals surface area contributed by atoms with Gasteiger partial charge in [-0.15, -0.1) is 0 Å². The van der Waals surface area contributed by atoms with Crippen LogP contribution in [0.1, 0.15) is 62.3 Å². The SMILES string of the molecule is CCOC(=O)c1c2c(nn1C)[C@@]1(C)C/C(=C/OC)C(=O)C(C)(C)[C@@H]1CC2. The predicted octanol–water partition coefficient (Wildman–Crippen LogP) is 2.95. The summed E-state index contributed by atoms with van der Waals surface area (Å²) in [5.74, 6) is -0.0228. The number of allylic oxidation sites excluding steroid dienone is 1. The zero-order chi connectivity index (χ0) is 19.3. The second-order valence-electron chi connectivity index (χ2n) is 8.13. The van der Waals surface area contributed by atoms with Gasteiger partial charge >= 0.3 is 5.97 Å². The van der Waals surface area contributed by atoms with Crippen LogP contribution in [0.15, 0.2) is 11.8 Å². The molecule has 6 nitrogen and oxygen atoms in total. The van der Waals surface area contributed by atoms with Gasteiger partial charge in [-0.3, -0.25) is 9.48 Å². The standard InChI is InChI=1S/C20H28N2O4/c1-7-26-18(24)15-13-8-9-14-19(2,3)17(23)12(11-25-6)10-20(14,4)16(13)21-22(15)5/h11,14H,7-10H2,1-6H3/b12-11-/t14-,20-/m0/s1. The Bertz CT molecular complexity index is 790. The molecule has 0 N–H and O–H groups in total. The van der Waals surface area contributed by atoms with Gasteiger partial charge in [0.1, 0.15) is 5.69 Å². The zero-order valence-electron chi connectivity index (χ0n) is 16.5. The van der Waals surface area contributed by atoms with Crippen molar-refractivity contribution in [3.8, 4) is 0 Å². The van der Waals surface area contributed by atoms with Gasteiger partial charge in [-0.1, -0.05) is 20.8 Å². The van der Waals surface area contributed by atoms with Gasteiger partial charge in [0.15, 0.2) is 5.78 Å². The summed E-state index contributed by atoms with van der Waals surface area (Å²) in [5, 5.41) is 4.73. The number of nitrogens with zero attached hydrogens (tertiary/aromatic N) is 2. The number of carbonyl (C=O) groups excluding carboxylic acids is 2. The molecular weight excluding hydrogens is 332 g/mol. The quantitative estimate of drug-likeness (QED) is 0.471. The van der Waals surface area contributed by atoms with Crippen LogP contribution in [0.4, 0.5) is 0 Å². The van der Waals surface area contributed by atoms with E-state index in [-0.39, 0.29) is 23.1 Å². The summed E-state index contributed by atoms with van der Waals surface area (Å²) in [6.45, 7) is 8.33. The summed E-state index contributed by atoms with van der Waals surface area (Å²) in [4.78, 5) is 25.4. The number of carbonyl (C=O) groups is 2. The fourth-order valence-electron chi connectivity index (χ4n) is 5.14. The molecule has 0 aromatic carbocycles. The van der Waals surface area contributed by atoms with Gasteiger partial charge in [-0.2, -0.15) is 5.10 Å². The Morgan fingerprint density at radius 1 is 1.38 bits per heavy atom. The van der Waals surface area contributed by atoms with Crippen molar-refractivity contribution in [2.45, 2.75) is 52.4 Å². The monoisotopic (exact) mass is 360 g/mol. The topological polar surface area (TPSA) is 70.4 Å². The maximum Gasteiger partial charge on any atom is 0.356 e. The van der Waals surface area contributed by atoms with Crippen molar-refractivity contribution in [1.82, 2.24) is 9.78 Å². The first-order valence-corrected chi connectivity index (χ1v) is 9.18. The Morgan fingerprint density at radius 2 is 2.08 bits per heavy atom. The highest BCUT2D eigenvalue weighted by atomic mass is 16.5. The summed E-state index contributed by atoms with van der Waals surface area (Å²) >= 11 is 0. The third-order valence-corrected chi connectivity index (χ3v) is 6.17. The second-order valence-corrected chi connectivity index (χ2v) is 8.13. The van der Waals surface area contributed by atoms with Crippen molar-refractivity contribution >= 4 is 11.8 Å². The van der Waals surface area contributed by atoms with Crippen molar-refractivity contribution in [3.05, 3.63) is 28.8 Å². The van der Waals surface area contributed by atoms with Crippen LogP contribution >= 0.6 is 0 Å². The van der Waals surface area contributed by atoms with Crippen molar-refractivity contribution in [3.63, 3.8) is 0 Å². The van der Waals surface area contributed by atoms with Crippen molar-refractivity contribution in [2.75, 3.05) is 13.7 Å². The minimum atomic E-state index is -0.503. The lowest BCUT2D eigenvalue weighted by molar-refractivity contribution is -0.131. The maximum atomic E-state index is 13.0. The van der Waals surface area contributed by atoms with E-state index in [0.717, 1.165) is 24.1 Å². The number of aromatic nitrogens is 2. The van der Waals surface area contributed by atoms with E-state index in [1.54, 1.807) is 32.0 Å². The average molecular weight is 360 g/mol. The number of ether oxygens (including phenoxy) is 2. The van der Waals surface area contributed by atoms with Gasteiger partial charge in [-0.25, -0.2) is 4.79 Å². The van der Waals surface area contributed by atoms with E-state index in [1.807, 2.05) is 13.8 Å². The smallest absolute Gasteiger partial charge is 0.356 e. The van der Waals surface area contributed by atoms with E-state index >= 15 is 0 Å². The van der Waals surface area contributed by atoms with Gasteiger partial charge in [0.25, 0.3) is 0 Å². The molecule has 0 unspecified atom stereocenters. The third kappa shape index (κ3) is 2.49. The maximum absolute atomic E-state index is 13.0. The molecule has 0 amide bonds. The lowest BCUT2D eigenvalue weighted by Crippen LogP contribution is -2.53. The summed E-state index contributed by atoms with van der Waals surface area (Å²) in [6, 6.07) is 0. The van der Waals surface area contributed by atoms with E-state index in [0.29, 0.717) is 24.3 Å². The van der Waals surface area contributed by atoms with Gasteiger partial charge in [0.05, 0.1) is 25.7 Å². The van der Waals surface area contributed by atoms with Crippen LogP contribution in [-0.4, -0.2) is 35.2 Å². The number of ketones is 1. The van der Waals surface area contributed by atoms with E-state index in [4.69, 9.17) is 14.6 Å². The van der Waals surface area contributed by atoms with Crippen molar-refractivity contribution in [2.24, 2.45) is 18.4 Å². The van der Waals surface area contributed by atoms with Gasteiger partial charge in [0, 0.05) is 29.0 Å². The number of rotatable bonds is 3. The first kappa shape index (κ1) is 18.7. The summed E-state index contributed by atoms with van der Waals surface area (Å²) in [5.41, 5.74) is 2.28. The number of fused-ring (bicyclic) bond motifs is 3. The molecule has 142 valence electrons. The molecule has 1 saturated carbocycles. The molecule has 0 aliphatic heterocycles. The van der Waals surface area contributed by atoms with Crippen LogP contribution in [0.5, 0.6) is 0 Å². The van der Waals surface area contributed by atoms with E-state index in [2.05, 4.69) is 6.92 Å². The lowest BCUT2D eigenvalue weighted by Gasteiger charge is -2.52. The molecule has 1 fully saturated rings. The molecule has 1 heterocycles. The Balaban J connectivity index is 2.15. The summed E-state index contributed by atoms with van der Waals surface area (Å²) < 4.78 is 12.0. The largest absolute Gasteiger partial charge is 0.504 e. The molecule has 1 aromatic heterocycles. The Morgan fingerprint density at radius 3 is 2.69 bits per heavy atom. The fourth-order valence-corrected chi connectivity index (χ4v) is 5.14. The molecule has 26 heavy (non-hydrogen) atoms. The normalized spacial score (nSPS) is 28.5. The molecule has 2 aliphatic carbocycles. The van der Waals surface area contributed by atoms with Crippen LogP contribution in [0.3, 0.4) is 0 Å². The number of hydrogen-bond acceptors (Lipinski definition) is 5. The predicted molar refractivity (Wildman–Crippen MR) is 96.8 cm³/mol. The Labute approximate surface area is 154 Å². The number of hydrogen-bond donors (Lipinski definition) is 0. The molecule has 3 rings (SSSR count). The Kier molecular flexibility index (Phi) is 4.49. The average Bonchev–Trinajstić information content (AvgIpc) is 2.90. The number of aryl methyl sites for hydroxylation is 1. The highest BCUT2D eigenvalue weighted by molar-refractivity contribution is 6.01. The molecule has 1 aromatic rings. The first-order valence-electron chi connectivity index (χ1n) is 9.18. The van der Waals surface area contributed by atoms with E-state index in [9.17, 15) is 9.59 Å². The minimum absolute atomic E-state index is 0.145. The number of methoxy groups -OCH3 is 1. The lowest BCUT2D eigenvalue weighted by atomic mass is 9.50. The molecule has 2 aliphatic rings. The molecule has 0 bridgehead atoms. The van der Waals surface area contributed by atoms with Gasteiger partial charge in [0.2, 0.25) is 0 Å². The Hall–Kier alpha value is -2.11. The minimum Gasteiger partial charge on any atom is -0.504 e. The zero-order valence-corrected chi connectivity index (χ0v) is 16.5. The van der Waals surface area contributed by atoms with E-state index in [1.165, 1.54) is 0 Å². The molecule has 2 atom stereocenters. The van der Waals surface area contributed by atoms with Crippen LogP contribution < -0.4 is 0 Å². The van der Waals surface area contributed by atoms with Crippen LogP contribution in [0, 0.1) is 11.3 Å².